The number of halogens is 1. The summed E-state index contributed by atoms with van der Waals surface area (Å²) in [6.07, 6.45) is 0.827. The summed E-state index contributed by atoms with van der Waals surface area (Å²) in [5.74, 6) is 0.0740. The standard InChI is InChI=1S/C18H16ClN3O2/c1-2-12-24-18-20-16(13-8-4-3-5-9-13)22(21-18)17(23)14-10-6-7-11-15(14)19/h3-11H,2,12H2,1H3. The van der Waals surface area contributed by atoms with Crippen molar-refractivity contribution in [2.45, 2.75) is 13.3 Å². The van der Waals surface area contributed by atoms with Crippen LogP contribution in [-0.2, 0) is 0 Å². The van der Waals surface area contributed by atoms with Gasteiger partial charge in [-0.05, 0) is 18.6 Å². The van der Waals surface area contributed by atoms with Gasteiger partial charge in [-0.2, -0.15) is 9.67 Å². The predicted molar refractivity (Wildman–Crippen MR) is 92.4 cm³/mol. The minimum atomic E-state index is -0.349. The molecular formula is C18H16ClN3O2. The van der Waals surface area contributed by atoms with Gasteiger partial charge in [-0.3, -0.25) is 4.79 Å². The number of carbonyl (C=O) groups is 1. The Kier molecular flexibility index (Phi) is 4.91. The van der Waals surface area contributed by atoms with Gasteiger partial charge in [-0.15, -0.1) is 5.10 Å². The average Bonchev–Trinajstić information content (AvgIpc) is 3.05. The summed E-state index contributed by atoms with van der Waals surface area (Å²) in [6.45, 7) is 2.47. The maximum atomic E-state index is 12.9. The first-order valence-corrected chi connectivity index (χ1v) is 8.03. The van der Waals surface area contributed by atoms with Gasteiger partial charge in [-0.1, -0.05) is 61.0 Å². The molecule has 122 valence electrons. The van der Waals surface area contributed by atoms with Crippen LogP contribution in [0.5, 0.6) is 6.01 Å². The van der Waals surface area contributed by atoms with E-state index in [1.54, 1.807) is 24.3 Å². The highest BCUT2D eigenvalue weighted by Gasteiger charge is 2.21. The van der Waals surface area contributed by atoms with Crippen LogP contribution in [0.2, 0.25) is 5.02 Å². The molecule has 0 aliphatic rings. The lowest BCUT2D eigenvalue weighted by Gasteiger charge is -2.05. The summed E-state index contributed by atoms with van der Waals surface area (Å²) in [4.78, 5) is 17.2. The van der Waals surface area contributed by atoms with Crippen LogP contribution in [0.1, 0.15) is 23.7 Å². The maximum Gasteiger partial charge on any atom is 0.336 e. The zero-order chi connectivity index (χ0) is 16.9. The summed E-state index contributed by atoms with van der Waals surface area (Å²) in [5.41, 5.74) is 1.14. The molecule has 0 bridgehead atoms. The highest BCUT2D eigenvalue weighted by atomic mass is 35.5. The molecule has 3 rings (SSSR count). The molecule has 0 amide bonds. The lowest BCUT2D eigenvalue weighted by atomic mass is 10.2. The molecule has 0 fully saturated rings. The number of rotatable bonds is 5. The molecule has 6 heteroatoms. The Bertz CT molecular complexity index is 846. The van der Waals surface area contributed by atoms with Crippen molar-refractivity contribution in [3.8, 4) is 17.4 Å². The molecule has 3 aromatic rings. The van der Waals surface area contributed by atoms with E-state index in [-0.39, 0.29) is 11.9 Å². The number of hydrogen-bond acceptors (Lipinski definition) is 4. The first kappa shape index (κ1) is 16.2. The second kappa shape index (κ2) is 7.27. The van der Waals surface area contributed by atoms with E-state index in [1.807, 2.05) is 37.3 Å². The van der Waals surface area contributed by atoms with Gasteiger partial charge in [0, 0.05) is 5.56 Å². The fraction of sp³-hybridized carbons (Fsp3) is 0.167. The largest absolute Gasteiger partial charge is 0.462 e. The fourth-order valence-corrected chi connectivity index (χ4v) is 2.43. The van der Waals surface area contributed by atoms with Crippen LogP contribution in [0.15, 0.2) is 54.6 Å². The smallest absolute Gasteiger partial charge is 0.336 e. The van der Waals surface area contributed by atoms with Crippen LogP contribution in [0.4, 0.5) is 0 Å². The van der Waals surface area contributed by atoms with E-state index in [0.29, 0.717) is 23.0 Å². The van der Waals surface area contributed by atoms with Crippen molar-refractivity contribution in [2.24, 2.45) is 0 Å². The summed E-state index contributed by atoms with van der Waals surface area (Å²) in [7, 11) is 0. The molecule has 0 saturated carbocycles. The molecule has 0 unspecified atom stereocenters. The van der Waals surface area contributed by atoms with Crippen molar-refractivity contribution in [3.63, 3.8) is 0 Å². The second-order valence-electron chi connectivity index (χ2n) is 5.13. The Morgan fingerprint density at radius 3 is 2.54 bits per heavy atom. The molecule has 5 nitrogen and oxygen atoms in total. The zero-order valence-corrected chi connectivity index (χ0v) is 13.9. The van der Waals surface area contributed by atoms with Gasteiger partial charge in [0.15, 0.2) is 5.82 Å². The molecule has 1 heterocycles. The van der Waals surface area contributed by atoms with Crippen molar-refractivity contribution in [2.75, 3.05) is 6.61 Å². The van der Waals surface area contributed by atoms with Crippen LogP contribution in [-0.4, -0.2) is 27.3 Å². The number of aromatic nitrogens is 3. The van der Waals surface area contributed by atoms with E-state index in [2.05, 4.69) is 10.1 Å². The van der Waals surface area contributed by atoms with Crippen molar-refractivity contribution < 1.29 is 9.53 Å². The lowest BCUT2D eigenvalue weighted by molar-refractivity contribution is 0.0945. The molecule has 0 spiro atoms. The van der Waals surface area contributed by atoms with Crippen molar-refractivity contribution in [1.29, 1.82) is 0 Å². The van der Waals surface area contributed by atoms with Gasteiger partial charge < -0.3 is 4.74 Å². The first-order chi connectivity index (χ1) is 11.7. The lowest BCUT2D eigenvalue weighted by Crippen LogP contribution is -2.15. The Morgan fingerprint density at radius 1 is 1.12 bits per heavy atom. The Hall–Kier alpha value is -2.66. The van der Waals surface area contributed by atoms with Crippen molar-refractivity contribution >= 4 is 17.5 Å². The summed E-state index contributed by atoms with van der Waals surface area (Å²) in [6, 6.07) is 16.4. The van der Waals surface area contributed by atoms with Crippen LogP contribution in [0.3, 0.4) is 0 Å². The minimum Gasteiger partial charge on any atom is -0.462 e. The normalized spacial score (nSPS) is 10.6. The molecule has 0 saturated heterocycles. The molecule has 0 aliphatic carbocycles. The van der Waals surface area contributed by atoms with Gasteiger partial charge in [0.1, 0.15) is 0 Å². The highest BCUT2D eigenvalue weighted by molar-refractivity contribution is 6.33. The van der Waals surface area contributed by atoms with Crippen LogP contribution >= 0.6 is 11.6 Å². The summed E-state index contributed by atoms with van der Waals surface area (Å²) in [5, 5.41) is 4.59. The molecule has 24 heavy (non-hydrogen) atoms. The van der Waals surface area contributed by atoms with Crippen molar-refractivity contribution in [3.05, 3.63) is 65.2 Å². The second-order valence-corrected chi connectivity index (χ2v) is 5.54. The zero-order valence-electron chi connectivity index (χ0n) is 13.1. The quantitative estimate of drug-likeness (QED) is 0.701. The minimum absolute atomic E-state index is 0.177. The Balaban J connectivity index is 2.07. The molecule has 2 aromatic carbocycles. The first-order valence-electron chi connectivity index (χ1n) is 7.65. The number of hydrogen-bond donors (Lipinski definition) is 0. The molecular weight excluding hydrogens is 326 g/mol. The topological polar surface area (TPSA) is 57.0 Å². The maximum absolute atomic E-state index is 12.9. The van der Waals surface area contributed by atoms with E-state index in [9.17, 15) is 4.79 Å². The van der Waals surface area contributed by atoms with Gasteiger partial charge in [0.05, 0.1) is 17.2 Å². The van der Waals surface area contributed by atoms with E-state index in [4.69, 9.17) is 16.3 Å². The molecule has 0 aliphatic heterocycles. The number of ether oxygens (including phenoxy) is 1. The van der Waals surface area contributed by atoms with Gasteiger partial charge in [-0.25, -0.2) is 0 Å². The molecule has 0 N–H and O–H groups in total. The third-order valence-electron chi connectivity index (χ3n) is 3.35. The third kappa shape index (κ3) is 3.31. The highest BCUT2D eigenvalue weighted by Crippen LogP contribution is 2.23. The molecule has 1 aromatic heterocycles. The van der Waals surface area contributed by atoms with Gasteiger partial charge >= 0.3 is 6.01 Å². The van der Waals surface area contributed by atoms with E-state index in [1.165, 1.54) is 4.68 Å². The van der Waals surface area contributed by atoms with Gasteiger partial charge in [0.2, 0.25) is 0 Å². The Morgan fingerprint density at radius 2 is 1.83 bits per heavy atom. The summed E-state index contributed by atoms with van der Waals surface area (Å²) >= 11 is 6.14. The Labute approximate surface area is 144 Å². The summed E-state index contributed by atoms with van der Waals surface area (Å²) < 4.78 is 6.72. The van der Waals surface area contributed by atoms with E-state index >= 15 is 0 Å². The number of nitrogens with zero attached hydrogens (tertiary/aromatic N) is 3. The van der Waals surface area contributed by atoms with Gasteiger partial charge in [0.25, 0.3) is 5.91 Å². The molecule has 0 radical (unpaired) electrons. The predicted octanol–water partition coefficient (Wildman–Crippen LogP) is 4.08. The average molecular weight is 342 g/mol. The van der Waals surface area contributed by atoms with Crippen LogP contribution < -0.4 is 4.74 Å². The van der Waals surface area contributed by atoms with Crippen LogP contribution in [0.25, 0.3) is 11.4 Å². The van der Waals surface area contributed by atoms with Crippen LogP contribution in [0, 0.1) is 0 Å². The van der Waals surface area contributed by atoms with E-state index < -0.39 is 0 Å². The number of carbonyl (C=O) groups excluding carboxylic acids is 1. The molecule has 0 atom stereocenters. The number of benzene rings is 2. The fourth-order valence-electron chi connectivity index (χ4n) is 2.21. The SMILES string of the molecule is CCCOc1nc(-c2ccccc2)n(C(=O)c2ccccc2Cl)n1. The van der Waals surface area contributed by atoms with Crippen molar-refractivity contribution in [1.82, 2.24) is 14.8 Å². The third-order valence-corrected chi connectivity index (χ3v) is 3.68. The monoisotopic (exact) mass is 341 g/mol. The van der Waals surface area contributed by atoms with E-state index in [0.717, 1.165) is 12.0 Å².